The lowest BCUT2D eigenvalue weighted by molar-refractivity contribution is 0.0418. The van der Waals surface area contributed by atoms with E-state index in [1.165, 1.54) is 12.8 Å². The summed E-state index contributed by atoms with van der Waals surface area (Å²) in [6.45, 7) is 8.60. The molecule has 1 saturated carbocycles. The highest BCUT2D eigenvalue weighted by Gasteiger charge is 2.46. The zero-order chi connectivity index (χ0) is 13.2. The van der Waals surface area contributed by atoms with E-state index in [-0.39, 0.29) is 17.0 Å². The van der Waals surface area contributed by atoms with Gasteiger partial charge in [-0.25, -0.2) is 4.79 Å². The Morgan fingerprint density at radius 3 is 2.44 bits per heavy atom. The number of ether oxygens (including phenoxy) is 1. The normalized spacial score (nSPS) is 23.5. The second kappa shape index (κ2) is 5.08. The number of hydrogen-bond donors (Lipinski definition) is 2. The summed E-state index contributed by atoms with van der Waals surface area (Å²) < 4.78 is 5.48. The van der Waals surface area contributed by atoms with Gasteiger partial charge >= 0.3 is 6.09 Å². The summed E-state index contributed by atoms with van der Waals surface area (Å²) in [6.07, 6.45) is 4.62. The number of piperidine rings is 1. The Morgan fingerprint density at radius 2 is 1.94 bits per heavy atom. The van der Waals surface area contributed by atoms with Gasteiger partial charge in [0.05, 0.1) is 6.61 Å². The molecule has 2 fully saturated rings. The van der Waals surface area contributed by atoms with Gasteiger partial charge in [0.1, 0.15) is 0 Å². The van der Waals surface area contributed by atoms with Crippen LogP contribution in [0.1, 0.15) is 46.5 Å². The standard InChI is InChI=1S/C14H26N2O2/c1-13(2,3)16-12(17)18-10-14(11-4-5-11)6-8-15-9-7-14/h11,15H,4-10H2,1-3H3,(H,16,17). The largest absolute Gasteiger partial charge is 0.449 e. The van der Waals surface area contributed by atoms with E-state index >= 15 is 0 Å². The monoisotopic (exact) mass is 254 g/mol. The number of hydrogen-bond acceptors (Lipinski definition) is 3. The molecular weight excluding hydrogens is 228 g/mol. The Bertz CT molecular complexity index is 299. The highest BCUT2D eigenvalue weighted by molar-refractivity contribution is 5.68. The fourth-order valence-electron chi connectivity index (χ4n) is 2.84. The summed E-state index contributed by atoms with van der Waals surface area (Å²) in [7, 11) is 0. The Labute approximate surface area is 110 Å². The van der Waals surface area contributed by atoms with Gasteiger partial charge in [-0.1, -0.05) is 0 Å². The van der Waals surface area contributed by atoms with Crippen molar-refractivity contribution >= 4 is 6.09 Å². The Kier molecular flexibility index (Phi) is 3.85. The van der Waals surface area contributed by atoms with Gasteiger partial charge in [0.25, 0.3) is 0 Å². The van der Waals surface area contributed by atoms with Crippen molar-refractivity contribution in [1.82, 2.24) is 10.6 Å². The molecule has 104 valence electrons. The van der Waals surface area contributed by atoms with Gasteiger partial charge in [-0.3, -0.25) is 0 Å². The second-order valence-electron chi connectivity index (χ2n) is 6.84. The molecule has 0 atom stereocenters. The van der Waals surface area contributed by atoms with E-state index in [0.29, 0.717) is 6.61 Å². The van der Waals surface area contributed by atoms with Gasteiger partial charge in [0, 0.05) is 11.0 Å². The molecule has 18 heavy (non-hydrogen) atoms. The minimum absolute atomic E-state index is 0.224. The number of amides is 1. The summed E-state index contributed by atoms with van der Waals surface area (Å²) in [5.41, 5.74) is 0.0262. The van der Waals surface area contributed by atoms with Crippen molar-refractivity contribution in [2.24, 2.45) is 11.3 Å². The quantitative estimate of drug-likeness (QED) is 0.812. The Morgan fingerprint density at radius 1 is 1.33 bits per heavy atom. The smallest absolute Gasteiger partial charge is 0.407 e. The predicted molar refractivity (Wildman–Crippen MR) is 71.5 cm³/mol. The first-order valence-electron chi connectivity index (χ1n) is 7.07. The molecule has 0 aromatic carbocycles. The van der Waals surface area contributed by atoms with Gasteiger partial charge in [-0.2, -0.15) is 0 Å². The van der Waals surface area contributed by atoms with E-state index in [4.69, 9.17) is 4.74 Å². The first kappa shape index (κ1) is 13.7. The van der Waals surface area contributed by atoms with E-state index < -0.39 is 0 Å². The second-order valence-corrected chi connectivity index (χ2v) is 6.84. The third-order valence-electron chi connectivity index (χ3n) is 4.01. The molecule has 4 heteroatoms. The summed E-state index contributed by atoms with van der Waals surface area (Å²) in [6, 6.07) is 0. The Hall–Kier alpha value is -0.770. The maximum atomic E-state index is 11.7. The lowest BCUT2D eigenvalue weighted by atomic mass is 9.75. The van der Waals surface area contributed by atoms with Crippen LogP contribution in [0.15, 0.2) is 0 Å². The number of carbonyl (C=O) groups excluding carboxylic acids is 1. The van der Waals surface area contributed by atoms with Crippen molar-refractivity contribution < 1.29 is 9.53 Å². The van der Waals surface area contributed by atoms with Crippen molar-refractivity contribution in [2.45, 2.75) is 52.0 Å². The fourth-order valence-corrected chi connectivity index (χ4v) is 2.84. The predicted octanol–water partition coefficient (Wildman–Crippen LogP) is 2.29. The number of nitrogens with one attached hydrogen (secondary N) is 2. The maximum Gasteiger partial charge on any atom is 0.407 e. The SMILES string of the molecule is CC(C)(C)NC(=O)OCC1(C2CC2)CCNCC1. The zero-order valence-corrected chi connectivity index (χ0v) is 11.8. The molecule has 1 aliphatic carbocycles. The van der Waals surface area contributed by atoms with Crippen LogP contribution < -0.4 is 10.6 Å². The van der Waals surface area contributed by atoms with E-state index in [2.05, 4.69) is 10.6 Å². The topological polar surface area (TPSA) is 50.4 Å². The van der Waals surface area contributed by atoms with Crippen molar-refractivity contribution in [3.8, 4) is 0 Å². The van der Waals surface area contributed by atoms with Crippen LogP contribution in [-0.2, 0) is 4.74 Å². The van der Waals surface area contributed by atoms with Crippen molar-refractivity contribution in [1.29, 1.82) is 0 Å². The highest BCUT2D eigenvalue weighted by Crippen LogP contribution is 2.50. The van der Waals surface area contributed by atoms with Gasteiger partial charge in [0.15, 0.2) is 0 Å². The van der Waals surface area contributed by atoms with Crippen LogP contribution in [-0.4, -0.2) is 31.3 Å². The van der Waals surface area contributed by atoms with Gasteiger partial charge in [0.2, 0.25) is 0 Å². The zero-order valence-electron chi connectivity index (χ0n) is 11.8. The van der Waals surface area contributed by atoms with Crippen LogP contribution in [0.4, 0.5) is 4.79 Å². The highest BCUT2D eigenvalue weighted by atomic mass is 16.5. The molecule has 0 aromatic rings. The molecule has 1 saturated heterocycles. The van der Waals surface area contributed by atoms with Crippen LogP contribution in [0.25, 0.3) is 0 Å². The molecule has 1 aliphatic heterocycles. The van der Waals surface area contributed by atoms with E-state index in [9.17, 15) is 4.79 Å². The average Bonchev–Trinajstić information content (AvgIpc) is 3.09. The summed E-state index contributed by atoms with van der Waals surface area (Å²) in [5.74, 6) is 0.780. The van der Waals surface area contributed by atoms with Gasteiger partial charge < -0.3 is 15.4 Å². The third-order valence-corrected chi connectivity index (χ3v) is 4.01. The average molecular weight is 254 g/mol. The maximum absolute atomic E-state index is 11.7. The molecular formula is C14H26N2O2. The minimum atomic E-state index is -0.277. The van der Waals surface area contributed by atoms with Crippen molar-refractivity contribution in [2.75, 3.05) is 19.7 Å². The summed E-state index contributed by atoms with van der Waals surface area (Å²) >= 11 is 0. The number of carbonyl (C=O) groups is 1. The molecule has 2 aliphatic rings. The molecule has 2 N–H and O–H groups in total. The first-order chi connectivity index (χ1) is 8.41. The molecule has 4 nitrogen and oxygen atoms in total. The number of rotatable bonds is 3. The van der Waals surface area contributed by atoms with Crippen LogP contribution >= 0.6 is 0 Å². The molecule has 1 amide bonds. The first-order valence-corrected chi connectivity index (χ1v) is 7.07. The molecule has 0 aromatic heterocycles. The van der Waals surface area contributed by atoms with Crippen LogP contribution in [0.2, 0.25) is 0 Å². The lowest BCUT2D eigenvalue weighted by Gasteiger charge is -2.37. The van der Waals surface area contributed by atoms with E-state index in [1.54, 1.807) is 0 Å². The fraction of sp³-hybridized carbons (Fsp3) is 0.929. The van der Waals surface area contributed by atoms with E-state index in [0.717, 1.165) is 31.8 Å². The van der Waals surface area contributed by atoms with Crippen LogP contribution in [0, 0.1) is 11.3 Å². The van der Waals surface area contributed by atoms with Crippen LogP contribution in [0.5, 0.6) is 0 Å². The number of alkyl carbamates (subject to hydrolysis) is 1. The third kappa shape index (κ3) is 3.61. The molecule has 1 heterocycles. The summed E-state index contributed by atoms with van der Waals surface area (Å²) in [4.78, 5) is 11.7. The van der Waals surface area contributed by atoms with Crippen molar-refractivity contribution in [3.63, 3.8) is 0 Å². The molecule has 2 rings (SSSR count). The molecule has 0 radical (unpaired) electrons. The van der Waals surface area contributed by atoms with E-state index in [1.807, 2.05) is 20.8 Å². The summed E-state index contributed by atoms with van der Waals surface area (Å²) in [5, 5.41) is 6.25. The molecule has 0 unspecified atom stereocenters. The van der Waals surface area contributed by atoms with Crippen LogP contribution in [0.3, 0.4) is 0 Å². The minimum Gasteiger partial charge on any atom is -0.449 e. The molecule has 0 spiro atoms. The van der Waals surface area contributed by atoms with Gasteiger partial charge in [-0.15, -0.1) is 0 Å². The lowest BCUT2D eigenvalue weighted by Crippen LogP contribution is -2.45. The van der Waals surface area contributed by atoms with Crippen molar-refractivity contribution in [3.05, 3.63) is 0 Å². The Balaban J connectivity index is 1.84. The van der Waals surface area contributed by atoms with Gasteiger partial charge in [-0.05, 0) is 65.5 Å². The molecule has 0 bridgehead atoms.